The number of carbonyl (C=O) groups is 1. The van der Waals surface area contributed by atoms with Crippen LogP contribution in [0.5, 0.6) is 0 Å². The summed E-state index contributed by atoms with van der Waals surface area (Å²) in [5.41, 5.74) is 3.03. The smallest absolute Gasteiger partial charge is 0.270 e. The fourth-order valence-electron chi connectivity index (χ4n) is 4.21. The highest BCUT2D eigenvalue weighted by atomic mass is 32.1. The van der Waals surface area contributed by atoms with Gasteiger partial charge < -0.3 is 15.1 Å². The predicted octanol–water partition coefficient (Wildman–Crippen LogP) is 5.24. The van der Waals surface area contributed by atoms with E-state index in [2.05, 4.69) is 5.32 Å². The molecule has 1 aliphatic heterocycles. The number of halogens is 1. The van der Waals surface area contributed by atoms with Gasteiger partial charge in [-0.2, -0.15) is 0 Å². The van der Waals surface area contributed by atoms with Crippen LogP contribution in [0.2, 0.25) is 0 Å². The third-order valence-corrected chi connectivity index (χ3v) is 7.03. The van der Waals surface area contributed by atoms with Crippen molar-refractivity contribution < 1.29 is 14.1 Å². The summed E-state index contributed by atoms with van der Waals surface area (Å²) in [5.74, 6) is -0.388. The lowest BCUT2D eigenvalue weighted by atomic mass is 10.1. The lowest BCUT2D eigenvalue weighted by Gasteiger charge is -2.27. The summed E-state index contributed by atoms with van der Waals surface area (Å²) in [5, 5.41) is 16.8. The number of anilines is 2. The molecule has 0 aliphatic carbocycles. The van der Waals surface area contributed by atoms with Crippen LogP contribution in [0.25, 0.3) is 11.3 Å². The van der Waals surface area contributed by atoms with Crippen LogP contribution in [-0.4, -0.2) is 46.9 Å². The summed E-state index contributed by atoms with van der Waals surface area (Å²) >= 11 is 1.33. The van der Waals surface area contributed by atoms with Gasteiger partial charge in [-0.1, -0.05) is 36.4 Å². The topological polar surface area (TPSA) is 91.6 Å². The molecule has 1 aromatic heterocycles. The summed E-state index contributed by atoms with van der Waals surface area (Å²) < 4.78 is 14.9. The molecule has 0 bridgehead atoms. The van der Waals surface area contributed by atoms with E-state index in [-0.39, 0.29) is 17.4 Å². The number of hydrogen-bond donors (Lipinski definition) is 1. The number of para-hydroxylation sites is 1. The van der Waals surface area contributed by atoms with E-state index >= 15 is 0 Å². The Morgan fingerprint density at radius 2 is 1.84 bits per heavy atom. The third kappa shape index (κ3) is 5.50. The number of piperazine rings is 1. The van der Waals surface area contributed by atoms with Gasteiger partial charge in [-0.3, -0.25) is 14.9 Å². The Kier molecular flexibility index (Phi) is 7.20. The number of hydrogen-bond acceptors (Lipinski definition) is 7. The van der Waals surface area contributed by atoms with Crippen molar-refractivity contribution in [1.29, 1.82) is 0 Å². The predicted molar refractivity (Wildman–Crippen MR) is 142 cm³/mol. The lowest BCUT2D eigenvalue weighted by Crippen LogP contribution is -2.46. The van der Waals surface area contributed by atoms with Crippen molar-refractivity contribution in [2.45, 2.75) is 6.54 Å². The zero-order chi connectivity index (χ0) is 25.8. The van der Waals surface area contributed by atoms with E-state index in [0.29, 0.717) is 47.3 Å². The maximum absolute atomic E-state index is 14.9. The van der Waals surface area contributed by atoms with Crippen LogP contribution >= 0.6 is 11.3 Å². The molecular weight excluding hydrogens is 493 g/mol. The largest absolute Gasteiger partial charge is 0.336 e. The Balaban J connectivity index is 1.42. The highest BCUT2D eigenvalue weighted by molar-refractivity contribution is 7.14. The second kappa shape index (κ2) is 10.9. The van der Waals surface area contributed by atoms with Crippen LogP contribution < -0.4 is 10.2 Å². The molecule has 0 saturated carbocycles. The minimum Gasteiger partial charge on any atom is -0.336 e. The van der Waals surface area contributed by atoms with Crippen LogP contribution in [0.15, 0.2) is 78.2 Å². The van der Waals surface area contributed by atoms with Gasteiger partial charge in [0.2, 0.25) is 0 Å². The number of benzene rings is 3. The zero-order valence-corrected chi connectivity index (χ0v) is 20.7. The van der Waals surface area contributed by atoms with Crippen molar-refractivity contribution in [3.05, 3.63) is 105 Å². The van der Waals surface area contributed by atoms with Crippen molar-refractivity contribution in [3.63, 3.8) is 0 Å². The van der Waals surface area contributed by atoms with Gasteiger partial charge in [0.1, 0.15) is 5.82 Å². The number of thiazole rings is 1. The number of nitrogens with one attached hydrogen (secondary N) is 1. The molecule has 1 aliphatic rings. The molecule has 10 heteroatoms. The summed E-state index contributed by atoms with van der Waals surface area (Å²) in [6.45, 7) is 3.25. The average Bonchev–Trinajstić information content (AvgIpc) is 3.43. The maximum Gasteiger partial charge on any atom is 0.270 e. The summed E-state index contributed by atoms with van der Waals surface area (Å²) in [7, 11) is 0. The van der Waals surface area contributed by atoms with Crippen LogP contribution in [0.1, 0.15) is 15.9 Å². The van der Waals surface area contributed by atoms with E-state index in [1.165, 1.54) is 29.5 Å². The van der Waals surface area contributed by atoms with Crippen molar-refractivity contribution in [1.82, 2.24) is 15.2 Å². The number of rotatable bonds is 7. The Labute approximate surface area is 217 Å². The highest BCUT2D eigenvalue weighted by Gasteiger charge is 2.21. The number of nitro benzene ring substituents is 1. The van der Waals surface area contributed by atoms with Crippen molar-refractivity contribution in [2.24, 2.45) is 0 Å². The first-order valence-electron chi connectivity index (χ1n) is 11.8. The van der Waals surface area contributed by atoms with E-state index in [9.17, 15) is 19.3 Å². The Bertz CT molecular complexity index is 1420. The zero-order valence-electron chi connectivity index (χ0n) is 19.8. The van der Waals surface area contributed by atoms with Gasteiger partial charge in [0, 0.05) is 54.8 Å². The lowest BCUT2D eigenvalue weighted by molar-refractivity contribution is -0.384. The summed E-state index contributed by atoms with van der Waals surface area (Å²) in [6, 6.07) is 20.1. The third-order valence-electron chi connectivity index (χ3n) is 6.16. The molecule has 0 radical (unpaired) electrons. The van der Waals surface area contributed by atoms with Gasteiger partial charge in [-0.25, -0.2) is 9.37 Å². The monoisotopic (exact) mass is 517 g/mol. The summed E-state index contributed by atoms with van der Waals surface area (Å²) in [4.78, 5) is 31.9. The number of aromatic nitrogens is 1. The van der Waals surface area contributed by atoms with Gasteiger partial charge in [-0.15, -0.1) is 11.3 Å². The Hall–Kier alpha value is -4.15. The van der Waals surface area contributed by atoms with Gasteiger partial charge in [0.05, 0.1) is 22.8 Å². The van der Waals surface area contributed by atoms with E-state index in [4.69, 9.17) is 4.98 Å². The standard InChI is InChI=1S/C27H24FN5O3S/c28-23-6-1-2-7-25(23)32(27-30-24(18-37-27)21-4-3-5-22(16-21)33(35)36)17-19-8-10-20(11-9-19)26(34)31-14-12-29-13-15-31/h1-11,16,18,29H,12-15,17H2. The normalized spacial score (nSPS) is 13.4. The first kappa shape index (κ1) is 24.5. The van der Waals surface area contributed by atoms with Crippen LogP contribution in [0.3, 0.4) is 0 Å². The minimum absolute atomic E-state index is 0.000491. The minimum atomic E-state index is -0.445. The van der Waals surface area contributed by atoms with E-state index in [0.717, 1.165) is 18.7 Å². The van der Waals surface area contributed by atoms with Crippen molar-refractivity contribution in [2.75, 3.05) is 31.1 Å². The molecule has 1 saturated heterocycles. The number of carbonyl (C=O) groups excluding carboxylic acids is 1. The van der Waals surface area contributed by atoms with Gasteiger partial charge in [0.15, 0.2) is 5.13 Å². The molecule has 4 aromatic rings. The molecule has 188 valence electrons. The molecule has 1 fully saturated rings. The molecule has 0 atom stereocenters. The molecule has 1 N–H and O–H groups in total. The SMILES string of the molecule is O=C(c1ccc(CN(c2nc(-c3cccc([N+](=O)[O-])c3)cs2)c2ccccc2F)cc1)N1CCNCC1. The average molecular weight is 518 g/mol. The number of nitrogens with zero attached hydrogens (tertiary/aromatic N) is 4. The first-order chi connectivity index (χ1) is 18.0. The molecule has 37 heavy (non-hydrogen) atoms. The maximum atomic E-state index is 14.9. The number of nitro groups is 1. The fourth-order valence-corrected chi connectivity index (χ4v) is 5.06. The second-order valence-electron chi connectivity index (χ2n) is 8.60. The molecule has 0 spiro atoms. The Morgan fingerprint density at radius 3 is 2.57 bits per heavy atom. The number of non-ortho nitro benzene ring substituents is 1. The van der Waals surface area contributed by atoms with Crippen LogP contribution in [0, 0.1) is 15.9 Å². The second-order valence-corrected chi connectivity index (χ2v) is 9.44. The van der Waals surface area contributed by atoms with Crippen LogP contribution in [-0.2, 0) is 6.54 Å². The molecule has 8 nitrogen and oxygen atoms in total. The molecule has 3 aromatic carbocycles. The number of amides is 1. The molecular formula is C27H24FN5O3S. The first-order valence-corrected chi connectivity index (χ1v) is 12.7. The van der Waals surface area contributed by atoms with Gasteiger partial charge in [0.25, 0.3) is 11.6 Å². The van der Waals surface area contributed by atoms with E-state index in [1.54, 1.807) is 52.7 Å². The van der Waals surface area contributed by atoms with Crippen molar-refractivity contribution in [3.8, 4) is 11.3 Å². The molecule has 2 heterocycles. The fraction of sp³-hybridized carbons (Fsp3) is 0.185. The summed E-state index contributed by atoms with van der Waals surface area (Å²) in [6.07, 6.45) is 0. The Morgan fingerprint density at radius 1 is 1.08 bits per heavy atom. The molecule has 5 rings (SSSR count). The van der Waals surface area contributed by atoms with Gasteiger partial charge >= 0.3 is 0 Å². The van der Waals surface area contributed by atoms with Gasteiger partial charge in [-0.05, 0) is 29.8 Å². The highest BCUT2D eigenvalue weighted by Crippen LogP contribution is 2.35. The molecule has 1 amide bonds. The molecule has 0 unspecified atom stereocenters. The van der Waals surface area contributed by atoms with E-state index in [1.807, 2.05) is 17.0 Å². The van der Waals surface area contributed by atoms with Crippen molar-refractivity contribution >= 4 is 33.8 Å². The quantitative estimate of drug-likeness (QED) is 0.266. The van der Waals surface area contributed by atoms with Crippen LogP contribution in [0.4, 0.5) is 20.9 Å². The van der Waals surface area contributed by atoms with E-state index < -0.39 is 4.92 Å².